The lowest BCUT2D eigenvalue weighted by molar-refractivity contribution is 0.644. The summed E-state index contributed by atoms with van der Waals surface area (Å²) in [5, 5.41) is 0. The van der Waals surface area contributed by atoms with Crippen molar-refractivity contribution in [2.45, 2.75) is 13.0 Å². The Morgan fingerprint density at radius 3 is 2.81 bits per heavy atom. The first-order chi connectivity index (χ1) is 7.70. The van der Waals surface area contributed by atoms with Crippen molar-refractivity contribution in [1.29, 1.82) is 0 Å². The van der Waals surface area contributed by atoms with Gasteiger partial charge in [-0.3, -0.25) is 10.8 Å². The molecule has 0 radical (unpaired) electrons. The zero-order chi connectivity index (χ0) is 11.5. The minimum atomic E-state index is 0.00343. The van der Waals surface area contributed by atoms with Crippen LogP contribution in [0.4, 0.5) is 0 Å². The molecule has 0 bridgehead atoms. The highest BCUT2D eigenvalue weighted by Crippen LogP contribution is 2.30. The van der Waals surface area contributed by atoms with Crippen LogP contribution in [0.25, 0.3) is 0 Å². The van der Waals surface area contributed by atoms with Gasteiger partial charge >= 0.3 is 0 Å². The maximum Gasteiger partial charge on any atom is 0.0817 e. The molecule has 0 fully saturated rings. The third-order valence-corrected chi connectivity index (χ3v) is 3.96. The first-order valence-electron chi connectivity index (χ1n) is 4.83. The minimum absolute atomic E-state index is 0.00343. The minimum Gasteiger partial charge on any atom is -0.271 e. The molecule has 0 aliphatic heterocycles. The van der Waals surface area contributed by atoms with Gasteiger partial charge in [-0.2, -0.15) is 0 Å². The normalized spacial score (nSPS) is 12.7. The molecule has 3 N–H and O–H groups in total. The Morgan fingerprint density at radius 2 is 2.25 bits per heavy atom. The van der Waals surface area contributed by atoms with E-state index in [-0.39, 0.29) is 6.04 Å². The number of hydrazine groups is 1. The van der Waals surface area contributed by atoms with E-state index in [0.29, 0.717) is 0 Å². The highest BCUT2D eigenvalue weighted by molar-refractivity contribution is 9.11. The maximum absolute atomic E-state index is 5.61. The average molecular weight is 298 g/mol. The predicted octanol–water partition coefficient (Wildman–Crippen LogP) is 2.77. The summed E-state index contributed by atoms with van der Waals surface area (Å²) in [6.45, 7) is 2.02. The largest absolute Gasteiger partial charge is 0.271 e. The Balaban J connectivity index is 2.36. The Kier molecular flexibility index (Phi) is 3.70. The van der Waals surface area contributed by atoms with E-state index in [4.69, 9.17) is 5.84 Å². The molecule has 2 aromatic heterocycles. The van der Waals surface area contributed by atoms with Gasteiger partial charge < -0.3 is 0 Å². The van der Waals surface area contributed by atoms with Crippen molar-refractivity contribution < 1.29 is 0 Å². The summed E-state index contributed by atoms with van der Waals surface area (Å²) in [7, 11) is 0. The summed E-state index contributed by atoms with van der Waals surface area (Å²) in [5.74, 6) is 5.61. The monoisotopic (exact) mass is 297 g/mol. The van der Waals surface area contributed by atoms with E-state index in [1.165, 1.54) is 4.88 Å². The maximum atomic E-state index is 5.61. The van der Waals surface area contributed by atoms with Crippen LogP contribution in [0.1, 0.15) is 22.0 Å². The van der Waals surface area contributed by atoms with Gasteiger partial charge in [-0.05, 0) is 46.1 Å². The molecule has 0 aliphatic rings. The lowest BCUT2D eigenvalue weighted by Crippen LogP contribution is -2.28. The molecule has 0 saturated heterocycles. The van der Waals surface area contributed by atoms with Gasteiger partial charge in [0.25, 0.3) is 0 Å². The van der Waals surface area contributed by atoms with Gasteiger partial charge in [-0.25, -0.2) is 5.43 Å². The highest BCUT2D eigenvalue weighted by atomic mass is 79.9. The van der Waals surface area contributed by atoms with E-state index in [2.05, 4.69) is 38.5 Å². The zero-order valence-corrected chi connectivity index (χ0v) is 11.2. The Labute approximate surface area is 107 Å². The van der Waals surface area contributed by atoms with Crippen LogP contribution >= 0.6 is 27.3 Å². The number of halogens is 1. The van der Waals surface area contributed by atoms with E-state index >= 15 is 0 Å². The topological polar surface area (TPSA) is 50.9 Å². The third kappa shape index (κ3) is 2.49. The van der Waals surface area contributed by atoms with Crippen LogP contribution in [0.3, 0.4) is 0 Å². The molecule has 0 amide bonds. The van der Waals surface area contributed by atoms with Crippen LogP contribution in [-0.2, 0) is 0 Å². The smallest absolute Gasteiger partial charge is 0.0817 e. The van der Waals surface area contributed by atoms with Crippen molar-refractivity contribution >= 4 is 27.3 Å². The highest BCUT2D eigenvalue weighted by Gasteiger charge is 2.14. The standard InChI is InChI=1S/C11H12BrN3S/c1-7-4-8(6-14-5-7)11(15-13)9-2-3-10(12)16-9/h2-6,11,15H,13H2,1H3. The number of aryl methyl sites for hydroxylation is 1. The van der Waals surface area contributed by atoms with Gasteiger partial charge in [0.15, 0.2) is 0 Å². The van der Waals surface area contributed by atoms with Crippen LogP contribution in [0.15, 0.2) is 34.4 Å². The Hall–Kier alpha value is -0.750. The molecule has 0 spiro atoms. The van der Waals surface area contributed by atoms with Gasteiger partial charge in [0.2, 0.25) is 0 Å². The van der Waals surface area contributed by atoms with E-state index in [1.54, 1.807) is 11.3 Å². The van der Waals surface area contributed by atoms with Crippen molar-refractivity contribution in [2.75, 3.05) is 0 Å². The molecule has 1 unspecified atom stereocenters. The average Bonchev–Trinajstić information content (AvgIpc) is 2.66. The molecule has 2 rings (SSSR count). The first-order valence-corrected chi connectivity index (χ1v) is 6.44. The first kappa shape index (κ1) is 11.7. The summed E-state index contributed by atoms with van der Waals surface area (Å²) in [6, 6.07) is 6.17. The Bertz CT molecular complexity index is 484. The fourth-order valence-electron chi connectivity index (χ4n) is 1.56. The van der Waals surface area contributed by atoms with Crippen molar-refractivity contribution in [3.8, 4) is 0 Å². The number of aromatic nitrogens is 1. The summed E-state index contributed by atoms with van der Waals surface area (Å²) < 4.78 is 1.10. The Morgan fingerprint density at radius 1 is 1.44 bits per heavy atom. The van der Waals surface area contributed by atoms with Crippen molar-refractivity contribution in [2.24, 2.45) is 5.84 Å². The van der Waals surface area contributed by atoms with Crippen molar-refractivity contribution in [3.63, 3.8) is 0 Å². The fraction of sp³-hybridized carbons (Fsp3) is 0.182. The van der Waals surface area contributed by atoms with E-state index in [1.807, 2.05) is 25.4 Å². The third-order valence-electron chi connectivity index (χ3n) is 2.27. The van der Waals surface area contributed by atoms with Crippen LogP contribution in [0.5, 0.6) is 0 Å². The number of rotatable bonds is 3. The van der Waals surface area contributed by atoms with Gasteiger partial charge in [0, 0.05) is 17.3 Å². The molecule has 0 aliphatic carbocycles. The van der Waals surface area contributed by atoms with Gasteiger partial charge in [0.1, 0.15) is 0 Å². The van der Waals surface area contributed by atoms with Crippen molar-refractivity contribution in [3.05, 3.63) is 50.4 Å². The number of hydrogen-bond donors (Lipinski definition) is 2. The van der Waals surface area contributed by atoms with Crippen molar-refractivity contribution in [1.82, 2.24) is 10.4 Å². The lowest BCUT2D eigenvalue weighted by Gasteiger charge is -2.14. The van der Waals surface area contributed by atoms with E-state index < -0.39 is 0 Å². The van der Waals surface area contributed by atoms with Crippen LogP contribution in [-0.4, -0.2) is 4.98 Å². The van der Waals surface area contributed by atoms with E-state index in [9.17, 15) is 0 Å². The molecule has 0 saturated carbocycles. The fourth-order valence-corrected chi connectivity index (χ4v) is 3.07. The molecule has 2 heterocycles. The van der Waals surface area contributed by atoms with Gasteiger partial charge in [0.05, 0.1) is 9.83 Å². The van der Waals surface area contributed by atoms with Gasteiger partial charge in [-0.1, -0.05) is 6.07 Å². The van der Waals surface area contributed by atoms with Gasteiger partial charge in [-0.15, -0.1) is 11.3 Å². The second-order valence-electron chi connectivity index (χ2n) is 3.54. The molecule has 84 valence electrons. The number of nitrogens with zero attached hydrogens (tertiary/aromatic N) is 1. The number of thiophene rings is 1. The molecule has 3 nitrogen and oxygen atoms in total. The summed E-state index contributed by atoms with van der Waals surface area (Å²) in [5.41, 5.74) is 5.04. The number of hydrogen-bond acceptors (Lipinski definition) is 4. The molecule has 2 aromatic rings. The summed E-state index contributed by atoms with van der Waals surface area (Å²) in [4.78, 5) is 5.35. The number of nitrogens with one attached hydrogen (secondary N) is 1. The molecule has 0 aromatic carbocycles. The quantitative estimate of drug-likeness (QED) is 0.677. The molecule has 16 heavy (non-hydrogen) atoms. The molecular weight excluding hydrogens is 286 g/mol. The predicted molar refractivity (Wildman–Crippen MR) is 70.2 cm³/mol. The van der Waals surface area contributed by atoms with E-state index in [0.717, 1.165) is 14.9 Å². The van der Waals surface area contributed by atoms with Crippen LogP contribution < -0.4 is 11.3 Å². The summed E-state index contributed by atoms with van der Waals surface area (Å²) >= 11 is 5.12. The molecular formula is C11H12BrN3S. The molecule has 5 heteroatoms. The SMILES string of the molecule is Cc1cncc(C(NN)c2ccc(Br)s2)c1. The summed E-state index contributed by atoms with van der Waals surface area (Å²) in [6.07, 6.45) is 3.67. The second kappa shape index (κ2) is 5.05. The second-order valence-corrected chi connectivity index (χ2v) is 6.03. The van der Waals surface area contributed by atoms with Crippen LogP contribution in [0, 0.1) is 6.92 Å². The lowest BCUT2D eigenvalue weighted by atomic mass is 10.1. The molecule has 1 atom stereocenters. The zero-order valence-electron chi connectivity index (χ0n) is 8.77. The van der Waals surface area contributed by atoms with Crippen LogP contribution in [0.2, 0.25) is 0 Å². The number of pyridine rings is 1. The number of nitrogens with two attached hydrogens (primary N) is 1.